The van der Waals surface area contributed by atoms with Crippen LogP contribution in [0.25, 0.3) is 0 Å². The third kappa shape index (κ3) is 2.51. The summed E-state index contributed by atoms with van der Waals surface area (Å²) in [6.07, 6.45) is 5.95. The maximum Gasteiger partial charge on any atom is 0.409 e. The minimum absolute atomic E-state index is 0.178. The van der Waals surface area contributed by atoms with Gasteiger partial charge in [0.15, 0.2) is 0 Å². The summed E-state index contributed by atoms with van der Waals surface area (Å²) in [5.74, 6) is 0.687. The number of carbonyl (C=O) groups is 1. The van der Waals surface area contributed by atoms with E-state index in [9.17, 15) is 4.79 Å². The summed E-state index contributed by atoms with van der Waals surface area (Å²) in [6.45, 7) is 1.99. The Bertz CT molecular complexity index is 426. The Kier molecular flexibility index (Phi) is 3.50. The summed E-state index contributed by atoms with van der Waals surface area (Å²) in [6, 6.07) is 0. The molecule has 0 aromatic carbocycles. The molecule has 1 aliphatic carbocycles. The van der Waals surface area contributed by atoms with Crippen molar-refractivity contribution in [1.82, 2.24) is 9.88 Å². The van der Waals surface area contributed by atoms with Gasteiger partial charge in [0.2, 0.25) is 0 Å². The molecule has 2 fully saturated rings. The molecule has 1 aliphatic heterocycles. The van der Waals surface area contributed by atoms with E-state index in [1.807, 2.05) is 0 Å². The Morgan fingerprint density at radius 2 is 2.28 bits per heavy atom. The molecule has 0 radical (unpaired) electrons. The average Bonchev–Trinajstić information content (AvgIpc) is 3.08. The van der Waals surface area contributed by atoms with Crippen molar-refractivity contribution in [3.63, 3.8) is 0 Å². The van der Waals surface area contributed by atoms with Crippen molar-refractivity contribution in [3.8, 4) is 0 Å². The van der Waals surface area contributed by atoms with Gasteiger partial charge in [-0.05, 0) is 12.8 Å². The largest absolute Gasteiger partial charge is 0.448 e. The van der Waals surface area contributed by atoms with Crippen LogP contribution in [-0.2, 0) is 11.2 Å². The minimum atomic E-state index is -0.178. The van der Waals surface area contributed by atoms with Crippen LogP contribution >= 0.6 is 11.3 Å². The highest BCUT2D eigenvalue weighted by molar-refractivity contribution is 7.09. The van der Waals surface area contributed by atoms with E-state index >= 15 is 0 Å². The maximum absolute atomic E-state index is 11.3. The van der Waals surface area contributed by atoms with Gasteiger partial charge in [0.1, 0.15) is 6.61 Å². The van der Waals surface area contributed by atoms with Crippen LogP contribution in [0.3, 0.4) is 0 Å². The Morgan fingerprint density at radius 3 is 3.00 bits per heavy atom. The summed E-state index contributed by atoms with van der Waals surface area (Å²) in [5.41, 5.74) is 1.27. The Labute approximate surface area is 111 Å². The number of cyclic esters (lactones) is 1. The second kappa shape index (κ2) is 5.26. The van der Waals surface area contributed by atoms with Gasteiger partial charge in [0.25, 0.3) is 0 Å². The number of thiazole rings is 1. The van der Waals surface area contributed by atoms with Gasteiger partial charge in [-0.15, -0.1) is 11.3 Å². The molecular weight excluding hydrogens is 248 g/mol. The van der Waals surface area contributed by atoms with Gasteiger partial charge in [0, 0.05) is 24.3 Å². The van der Waals surface area contributed by atoms with Crippen LogP contribution in [0.2, 0.25) is 0 Å². The lowest BCUT2D eigenvalue weighted by molar-refractivity contribution is 0.159. The predicted octanol–water partition coefficient (Wildman–Crippen LogP) is 2.80. The van der Waals surface area contributed by atoms with E-state index in [0.717, 1.165) is 24.5 Å². The number of hydrogen-bond donors (Lipinski definition) is 0. The topological polar surface area (TPSA) is 42.4 Å². The van der Waals surface area contributed by atoms with E-state index in [1.165, 1.54) is 31.4 Å². The van der Waals surface area contributed by atoms with Gasteiger partial charge in [-0.3, -0.25) is 0 Å². The van der Waals surface area contributed by atoms with Crippen molar-refractivity contribution in [2.45, 2.75) is 38.0 Å². The molecule has 0 unspecified atom stereocenters. The van der Waals surface area contributed by atoms with E-state index in [1.54, 1.807) is 16.2 Å². The van der Waals surface area contributed by atoms with Crippen molar-refractivity contribution >= 4 is 17.4 Å². The molecule has 3 rings (SSSR count). The summed E-state index contributed by atoms with van der Waals surface area (Å²) < 4.78 is 4.91. The first-order valence-corrected chi connectivity index (χ1v) is 7.57. The average molecular weight is 266 g/mol. The summed E-state index contributed by atoms with van der Waals surface area (Å²) >= 11 is 1.73. The number of rotatable bonds is 4. The maximum atomic E-state index is 11.3. The third-order valence-corrected chi connectivity index (χ3v) is 4.71. The highest BCUT2D eigenvalue weighted by atomic mass is 32.1. The molecule has 2 heterocycles. The SMILES string of the molecule is O=C1OCCN1CCc1nc(C2CCCC2)cs1. The predicted molar refractivity (Wildman–Crippen MR) is 69.9 cm³/mol. The molecule has 2 aliphatic rings. The highest BCUT2D eigenvalue weighted by Crippen LogP contribution is 2.34. The number of amides is 1. The quantitative estimate of drug-likeness (QED) is 0.841. The number of carbonyl (C=O) groups excluding carboxylic acids is 1. The van der Waals surface area contributed by atoms with Crippen molar-refractivity contribution in [3.05, 3.63) is 16.1 Å². The first-order chi connectivity index (χ1) is 8.83. The molecule has 0 spiro atoms. The second-order valence-electron chi connectivity index (χ2n) is 5.00. The third-order valence-electron chi connectivity index (χ3n) is 3.78. The zero-order chi connectivity index (χ0) is 12.4. The second-order valence-corrected chi connectivity index (χ2v) is 5.94. The summed E-state index contributed by atoms with van der Waals surface area (Å²) in [7, 11) is 0. The van der Waals surface area contributed by atoms with Crippen LogP contribution in [0.5, 0.6) is 0 Å². The van der Waals surface area contributed by atoms with E-state index in [0.29, 0.717) is 12.5 Å². The minimum Gasteiger partial charge on any atom is -0.448 e. The van der Waals surface area contributed by atoms with E-state index in [2.05, 4.69) is 5.38 Å². The van der Waals surface area contributed by atoms with Crippen LogP contribution in [-0.4, -0.2) is 35.7 Å². The molecule has 98 valence electrons. The van der Waals surface area contributed by atoms with Crippen LogP contribution in [0, 0.1) is 0 Å². The lowest BCUT2D eigenvalue weighted by atomic mass is 10.1. The molecule has 1 saturated heterocycles. The fraction of sp³-hybridized carbons (Fsp3) is 0.692. The molecule has 1 amide bonds. The number of hydrogen-bond acceptors (Lipinski definition) is 4. The van der Waals surface area contributed by atoms with Crippen molar-refractivity contribution in [1.29, 1.82) is 0 Å². The number of nitrogens with zero attached hydrogens (tertiary/aromatic N) is 2. The first kappa shape index (κ1) is 12.0. The number of ether oxygens (including phenoxy) is 1. The van der Waals surface area contributed by atoms with Gasteiger partial charge >= 0.3 is 6.09 Å². The monoisotopic (exact) mass is 266 g/mol. The number of aromatic nitrogens is 1. The lowest BCUT2D eigenvalue weighted by Crippen LogP contribution is -2.26. The van der Waals surface area contributed by atoms with Gasteiger partial charge in [0.05, 0.1) is 17.2 Å². The van der Waals surface area contributed by atoms with Gasteiger partial charge < -0.3 is 9.64 Å². The van der Waals surface area contributed by atoms with E-state index in [4.69, 9.17) is 9.72 Å². The fourth-order valence-corrected chi connectivity index (χ4v) is 3.58. The van der Waals surface area contributed by atoms with Crippen LogP contribution in [0.15, 0.2) is 5.38 Å². The molecule has 0 bridgehead atoms. The van der Waals surface area contributed by atoms with Crippen LogP contribution < -0.4 is 0 Å². The van der Waals surface area contributed by atoms with Gasteiger partial charge in [-0.25, -0.2) is 9.78 Å². The first-order valence-electron chi connectivity index (χ1n) is 6.69. The van der Waals surface area contributed by atoms with Crippen LogP contribution in [0.1, 0.15) is 42.3 Å². The standard InChI is InChI=1S/C13H18N2O2S/c16-13-15(7-8-17-13)6-5-12-14-11(9-18-12)10-3-1-2-4-10/h9-10H,1-8H2. The van der Waals surface area contributed by atoms with Crippen molar-refractivity contribution in [2.75, 3.05) is 19.7 Å². The highest BCUT2D eigenvalue weighted by Gasteiger charge is 2.23. The Balaban J connectivity index is 1.55. The smallest absolute Gasteiger partial charge is 0.409 e. The lowest BCUT2D eigenvalue weighted by Gasteiger charge is -2.10. The molecule has 0 N–H and O–H groups in total. The zero-order valence-electron chi connectivity index (χ0n) is 10.4. The van der Waals surface area contributed by atoms with Crippen molar-refractivity contribution in [2.24, 2.45) is 0 Å². The zero-order valence-corrected chi connectivity index (χ0v) is 11.2. The molecule has 4 nitrogen and oxygen atoms in total. The van der Waals surface area contributed by atoms with E-state index in [-0.39, 0.29) is 6.09 Å². The Morgan fingerprint density at radius 1 is 1.44 bits per heavy atom. The van der Waals surface area contributed by atoms with Crippen molar-refractivity contribution < 1.29 is 9.53 Å². The van der Waals surface area contributed by atoms with Gasteiger partial charge in [-0.1, -0.05) is 12.8 Å². The fourth-order valence-electron chi connectivity index (χ4n) is 2.71. The molecule has 0 atom stereocenters. The molecular formula is C13H18N2O2S. The molecule has 5 heteroatoms. The van der Waals surface area contributed by atoms with E-state index < -0.39 is 0 Å². The Hall–Kier alpha value is -1.10. The van der Waals surface area contributed by atoms with Gasteiger partial charge in [-0.2, -0.15) is 0 Å². The normalized spacial score (nSPS) is 20.7. The molecule has 18 heavy (non-hydrogen) atoms. The molecule has 1 saturated carbocycles. The van der Waals surface area contributed by atoms with Crippen LogP contribution in [0.4, 0.5) is 4.79 Å². The summed E-state index contributed by atoms with van der Waals surface area (Å²) in [4.78, 5) is 17.8. The molecule has 1 aromatic heterocycles. The summed E-state index contributed by atoms with van der Waals surface area (Å²) in [5, 5.41) is 3.35. The molecule has 1 aromatic rings.